The van der Waals surface area contributed by atoms with Gasteiger partial charge < -0.3 is 14.4 Å². The molecule has 3 heteroatoms. The Morgan fingerprint density at radius 3 is 2.07 bits per heavy atom. The summed E-state index contributed by atoms with van der Waals surface area (Å²) in [4.78, 5) is 2.63. The van der Waals surface area contributed by atoms with Crippen molar-refractivity contribution >= 4 is 0 Å². The minimum absolute atomic E-state index is 0.312. The second kappa shape index (κ2) is 9.21. The van der Waals surface area contributed by atoms with Gasteiger partial charge in [-0.15, -0.1) is 0 Å². The first-order valence-corrected chi connectivity index (χ1v) is 10.9. The highest BCUT2D eigenvalue weighted by molar-refractivity contribution is 5.47. The van der Waals surface area contributed by atoms with Crippen LogP contribution in [0.15, 0.2) is 48.5 Å². The molecule has 2 aromatic rings. The van der Waals surface area contributed by atoms with E-state index in [2.05, 4.69) is 53.4 Å². The quantitative estimate of drug-likeness (QED) is 0.638. The van der Waals surface area contributed by atoms with Gasteiger partial charge in [0.25, 0.3) is 0 Å². The molecule has 1 fully saturated rings. The van der Waals surface area contributed by atoms with Crippen LogP contribution in [0.4, 0.5) is 0 Å². The molecule has 2 aromatic carbocycles. The average Bonchev–Trinajstić information content (AvgIpc) is 2.89. The van der Waals surface area contributed by atoms with Crippen LogP contribution in [0.25, 0.3) is 0 Å². The van der Waals surface area contributed by atoms with Gasteiger partial charge in [-0.3, -0.25) is 0 Å². The lowest BCUT2D eigenvalue weighted by Gasteiger charge is -2.37. The first-order valence-electron chi connectivity index (χ1n) is 10.9. The summed E-state index contributed by atoms with van der Waals surface area (Å²) in [6.45, 7) is 3.97. The van der Waals surface area contributed by atoms with E-state index in [0.29, 0.717) is 6.79 Å². The third kappa shape index (κ3) is 4.03. The van der Waals surface area contributed by atoms with Crippen molar-refractivity contribution < 1.29 is 9.47 Å². The van der Waals surface area contributed by atoms with Gasteiger partial charge >= 0.3 is 0 Å². The largest absolute Gasteiger partial charge is 0.359 e. The zero-order chi connectivity index (χ0) is 19.2. The molecule has 0 atom stereocenters. The number of rotatable bonds is 7. The number of nitrogens with zero attached hydrogens (tertiary/aromatic N) is 1. The highest BCUT2D eigenvalue weighted by Gasteiger charge is 2.40. The SMILES string of the molecule is COCOC1(CCCN2CCCCC2)c2ccccc2CCc2ccccc21. The van der Waals surface area contributed by atoms with E-state index in [-0.39, 0.29) is 0 Å². The first kappa shape index (κ1) is 19.6. The molecule has 2 aliphatic rings. The summed E-state index contributed by atoms with van der Waals surface area (Å²) >= 11 is 0. The minimum Gasteiger partial charge on any atom is -0.359 e. The Bertz CT molecular complexity index is 719. The van der Waals surface area contributed by atoms with Gasteiger partial charge in [-0.25, -0.2) is 0 Å². The summed E-state index contributed by atoms with van der Waals surface area (Å²) in [6, 6.07) is 17.7. The molecule has 0 radical (unpaired) electrons. The summed E-state index contributed by atoms with van der Waals surface area (Å²) < 4.78 is 12.0. The number of hydrogen-bond donors (Lipinski definition) is 0. The molecule has 1 heterocycles. The van der Waals surface area contributed by atoms with Crippen LogP contribution in [0.2, 0.25) is 0 Å². The van der Waals surface area contributed by atoms with Gasteiger partial charge in [0.1, 0.15) is 12.4 Å². The molecular weight excluding hydrogens is 346 g/mol. The lowest BCUT2D eigenvalue weighted by Crippen LogP contribution is -2.36. The fourth-order valence-corrected chi connectivity index (χ4v) is 5.07. The maximum absolute atomic E-state index is 6.60. The van der Waals surface area contributed by atoms with Crippen LogP contribution in [0.5, 0.6) is 0 Å². The first-order chi connectivity index (χ1) is 13.8. The molecule has 3 nitrogen and oxygen atoms in total. The maximum atomic E-state index is 6.60. The molecule has 0 N–H and O–H groups in total. The van der Waals surface area contributed by atoms with E-state index in [0.717, 1.165) is 32.2 Å². The van der Waals surface area contributed by atoms with E-state index < -0.39 is 5.60 Å². The summed E-state index contributed by atoms with van der Waals surface area (Å²) in [5, 5.41) is 0. The second-order valence-corrected chi connectivity index (χ2v) is 8.20. The molecule has 1 aliphatic carbocycles. The number of fused-ring (bicyclic) bond motifs is 2. The van der Waals surface area contributed by atoms with Crippen molar-refractivity contribution in [2.24, 2.45) is 0 Å². The molecule has 4 rings (SSSR count). The molecular formula is C25H33NO2. The van der Waals surface area contributed by atoms with Crippen molar-refractivity contribution in [1.29, 1.82) is 0 Å². The van der Waals surface area contributed by atoms with Crippen LogP contribution < -0.4 is 0 Å². The summed E-state index contributed by atoms with van der Waals surface area (Å²) in [7, 11) is 1.72. The van der Waals surface area contributed by atoms with E-state index in [1.165, 1.54) is 54.6 Å². The Morgan fingerprint density at radius 1 is 0.857 bits per heavy atom. The van der Waals surface area contributed by atoms with Crippen LogP contribution in [0.3, 0.4) is 0 Å². The van der Waals surface area contributed by atoms with Crippen LogP contribution in [0.1, 0.15) is 54.4 Å². The van der Waals surface area contributed by atoms with E-state index in [4.69, 9.17) is 9.47 Å². The Balaban J connectivity index is 1.68. The van der Waals surface area contributed by atoms with Crippen LogP contribution in [-0.2, 0) is 27.9 Å². The maximum Gasteiger partial charge on any atom is 0.148 e. The van der Waals surface area contributed by atoms with E-state index >= 15 is 0 Å². The number of ether oxygens (including phenoxy) is 2. The van der Waals surface area contributed by atoms with Gasteiger partial charge in [0.2, 0.25) is 0 Å². The topological polar surface area (TPSA) is 21.7 Å². The lowest BCUT2D eigenvalue weighted by atomic mass is 9.80. The number of methoxy groups -OCH3 is 1. The van der Waals surface area contributed by atoms with E-state index in [1.54, 1.807) is 7.11 Å². The molecule has 0 amide bonds. The predicted molar refractivity (Wildman–Crippen MR) is 114 cm³/mol. The van der Waals surface area contributed by atoms with E-state index in [9.17, 15) is 0 Å². The Labute approximate surface area is 169 Å². The van der Waals surface area contributed by atoms with Crippen molar-refractivity contribution in [2.75, 3.05) is 33.5 Å². The van der Waals surface area contributed by atoms with Crippen LogP contribution >= 0.6 is 0 Å². The molecule has 28 heavy (non-hydrogen) atoms. The van der Waals surface area contributed by atoms with Crippen molar-refractivity contribution in [3.63, 3.8) is 0 Å². The summed E-state index contributed by atoms with van der Waals surface area (Å²) in [6.07, 6.45) is 8.33. The number of benzene rings is 2. The van der Waals surface area contributed by atoms with Crippen molar-refractivity contribution in [3.8, 4) is 0 Å². The number of aryl methyl sites for hydroxylation is 2. The number of piperidine rings is 1. The normalized spacial score (nSPS) is 18.9. The monoisotopic (exact) mass is 379 g/mol. The standard InChI is InChI=1S/C25H33NO2/c1-27-20-28-25(16-9-19-26-17-7-2-8-18-26)23-12-5-3-10-21(23)14-15-22-11-4-6-13-24(22)25/h3-6,10-13H,2,7-9,14-20H2,1H3. The van der Waals surface area contributed by atoms with Crippen molar-refractivity contribution in [2.45, 2.75) is 50.5 Å². The molecule has 0 aromatic heterocycles. The Kier molecular flexibility index (Phi) is 6.46. The molecule has 150 valence electrons. The summed E-state index contributed by atoms with van der Waals surface area (Å²) in [5.41, 5.74) is 5.06. The summed E-state index contributed by atoms with van der Waals surface area (Å²) in [5.74, 6) is 0. The van der Waals surface area contributed by atoms with Gasteiger partial charge in [0.15, 0.2) is 0 Å². The second-order valence-electron chi connectivity index (χ2n) is 8.20. The Morgan fingerprint density at radius 2 is 1.46 bits per heavy atom. The molecule has 0 spiro atoms. The number of likely N-dealkylation sites (tertiary alicyclic amines) is 1. The van der Waals surface area contributed by atoms with Gasteiger partial charge in [0, 0.05) is 7.11 Å². The van der Waals surface area contributed by atoms with Gasteiger partial charge in [-0.2, -0.15) is 0 Å². The number of hydrogen-bond acceptors (Lipinski definition) is 3. The van der Waals surface area contributed by atoms with Crippen molar-refractivity contribution in [3.05, 3.63) is 70.8 Å². The molecule has 1 aliphatic heterocycles. The Hall–Kier alpha value is -1.68. The van der Waals surface area contributed by atoms with Gasteiger partial charge in [0.05, 0.1) is 0 Å². The zero-order valence-electron chi connectivity index (χ0n) is 17.2. The third-order valence-corrected chi connectivity index (χ3v) is 6.44. The van der Waals surface area contributed by atoms with Crippen LogP contribution in [0, 0.1) is 0 Å². The van der Waals surface area contributed by atoms with Crippen molar-refractivity contribution in [1.82, 2.24) is 4.90 Å². The molecule has 1 saturated heterocycles. The molecule has 0 bridgehead atoms. The minimum atomic E-state index is -0.421. The third-order valence-electron chi connectivity index (χ3n) is 6.44. The molecule has 0 unspecified atom stereocenters. The highest BCUT2D eigenvalue weighted by Crippen LogP contribution is 2.44. The fraction of sp³-hybridized carbons (Fsp3) is 0.520. The lowest BCUT2D eigenvalue weighted by molar-refractivity contribution is -0.120. The highest BCUT2D eigenvalue weighted by atomic mass is 16.7. The smallest absolute Gasteiger partial charge is 0.148 e. The van der Waals surface area contributed by atoms with Gasteiger partial charge in [-0.05, 0) is 80.4 Å². The van der Waals surface area contributed by atoms with Crippen LogP contribution in [-0.4, -0.2) is 38.4 Å². The predicted octanol–water partition coefficient (Wildman–Crippen LogP) is 4.92. The molecule has 0 saturated carbocycles. The van der Waals surface area contributed by atoms with Gasteiger partial charge in [-0.1, -0.05) is 55.0 Å². The van der Waals surface area contributed by atoms with E-state index in [1.807, 2.05) is 0 Å². The average molecular weight is 380 g/mol. The fourth-order valence-electron chi connectivity index (χ4n) is 5.07. The zero-order valence-corrected chi connectivity index (χ0v) is 17.2.